The number of nitrogens with one attached hydrogen (secondary N) is 2. The second-order valence-corrected chi connectivity index (χ2v) is 5.89. The van der Waals surface area contributed by atoms with E-state index in [1.165, 1.54) is 0 Å². The Hall–Kier alpha value is -3.35. The van der Waals surface area contributed by atoms with Gasteiger partial charge in [0.1, 0.15) is 12.6 Å². The molecule has 2 rings (SSSR count). The van der Waals surface area contributed by atoms with Gasteiger partial charge in [-0.3, -0.25) is 4.79 Å². The van der Waals surface area contributed by atoms with E-state index in [2.05, 4.69) is 10.6 Å². The van der Waals surface area contributed by atoms with Crippen molar-refractivity contribution in [1.29, 1.82) is 0 Å². The zero-order valence-corrected chi connectivity index (χ0v) is 15.0. The number of ketones is 1. The van der Waals surface area contributed by atoms with Gasteiger partial charge in [-0.2, -0.15) is 0 Å². The molecule has 0 saturated heterocycles. The molecule has 1 amide bonds. The van der Waals surface area contributed by atoms with E-state index < -0.39 is 18.1 Å². The van der Waals surface area contributed by atoms with Gasteiger partial charge in [-0.25, -0.2) is 9.59 Å². The Kier molecular flexibility index (Phi) is 7.37. The monoisotopic (exact) mass is 370 g/mol. The molecule has 0 aromatic heterocycles. The Morgan fingerprint density at radius 3 is 2.30 bits per heavy atom. The van der Waals surface area contributed by atoms with Crippen LogP contribution in [0.2, 0.25) is 0 Å². The minimum Gasteiger partial charge on any atom is -0.480 e. The fourth-order valence-electron chi connectivity index (χ4n) is 2.41. The van der Waals surface area contributed by atoms with Crippen molar-refractivity contribution in [2.24, 2.45) is 0 Å². The lowest BCUT2D eigenvalue weighted by Crippen LogP contribution is -2.41. The van der Waals surface area contributed by atoms with Gasteiger partial charge in [0.2, 0.25) is 0 Å². The normalized spacial score (nSPS) is 11.3. The smallest absolute Gasteiger partial charge is 0.408 e. The van der Waals surface area contributed by atoms with E-state index in [1.807, 2.05) is 18.2 Å². The van der Waals surface area contributed by atoms with Gasteiger partial charge in [-0.05, 0) is 36.2 Å². The number of anilines is 1. The standard InChI is InChI=1S/C20H22N2O5/c1-21-16-9-7-15(8-10-16)18(23)12-11-17(19(24)25)22-20(26)27-13-14-5-3-2-4-6-14/h2-10,17,21H,11-13H2,1H3,(H,22,26)(H,24,25). The largest absolute Gasteiger partial charge is 0.480 e. The highest BCUT2D eigenvalue weighted by Crippen LogP contribution is 2.12. The third kappa shape index (κ3) is 6.47. The molecule has 7 nitrogen and oxygen atoms in total. The van der Waals surface area contributed by atoms with Crippen LogP contribution in [0.1, 0.15) is 28.8 Å². The number of aliphatic carboxylic acids is 1. The molecule has 7 heteroatoms. The number of carboxylic acid groups (broad SMARTS) is 1. The number of carbonyl (C=O) groups excluding carboxylic acids is 2. The highest BCUT2D eigenvalue weighted by molar-refractivity contribution is 5.96. The predicted molar refractivity (Wildman–Crippen MR) is 101 cm³/mol. The topological polar surface area (TPSA) is 105 Å². The summed E-state index contributed by atoms with van der Waals surface area (Å²) in [6.07, 6.45) is -0.867. The summed E-state index contributed by atoms with van der Waals surface area (Å²) in [5.41, 5.74) is 2.15. The molecule has 142 valence electrons. The number of rotatable bonds is 9. The molecule has 3 N–H and O–H groups in total. The number of carbonyl (C=O) groups is 3. The molecule has 0 heterocycles. The Morgan fingerprint density at radius 2 is 1.70 bits per heavy atom. The van der Waals surface area contributed by atoms with Crippen LogP contribution in [-0.2, 0) is 16.1 Å². The summed E-state index contributed by atoms with van der Waals surface area (Å²) >= 11 is 0. The Labute approximate surface area is 157 Å². The number of hydrogen-bond acceptors (Lipinski definition) is 5. The number of benzene rings is 2. The molecule has 0 aliphatic carbocycles. The van der Waals surface area contributed by atoms with E-state index in [0.717, 1.165) is 11.3 Å². The van der Waals surface area contributed by atoms with Crippen molar-refractivity contribution in [2.45, 2.75) is 25.5 Å². The molecule has 2 aromatic carbocycles. The minimum atomic E-state index is -1.22. The summed E-state index contributed by atoms with van der Waals surface area (Å²) in [6, 6.07) is 14.7. The third-order valence-electron chi connectivity index (χ3n) is 3.96. The van der Waals surface area contributed by atoms with Gasteiger partial charge >= 0.3 is 12.1 Å². The lowest BCUT2D eigenvalue weighted by Gasteiger charge is -2.14. The molecule has 0 saturated carbocycles. The van der Waals surface area contributed by atoms with Gasteiger partial charge < -0.3 is 20.5 Å². The first-order valence-electron chi connectivity index (χ1n) is 8.50. The third-order valence-corrected chi connectivity index (χ3v) is 3.96. The van der Waals surface area contributed by atoms with Gasteiger partial charge in [-0.1, -0.05) is 30.3 Å². The van der Waals surface area contributed by atoms with E-state index in [4.69, 9.17) is 4.74 Å². The van der Waals surface area contributed by atoms with Crippen LogP contribution in [0.15, 0.2) is 54.6 Å². The van der Waals surface area contributed by atoms with E-state index in [0.29, 0.717) is 5.56 Å². The molecule has 0 radical (unpaired) electrons. The van der Waals surface area contributed by atoms with Crippen LogP contribution in [0.4, 0.5) is 10.5 Å². The van der Waals surface area contributed by atoms with E-state index >= 15 is 0 Å². The van der Waals surface area contributed by atoms with Crippen molar-refractivity contribution in [2.75, 3.05) is 12.4 Å². The van der Waals surface area contributed by atoms with E-state index in [1.54, 1.807) is 43.4 Å². The molecule has 0 aliphatic heterocycles. The van der Waals surface area contributed by atoms with Crippen LogP contribution in [-0.4, -0.2) is 36.0 Å². The van der Waals surface area contributed by atoms with Gasteiger partial charge in [0.15, 0.2) is 5.78 Å². The van der Waals surface area contributed by atoms with Crippen molar-refractivity contribution in [3.63, 3.8) is 0 Å². The average molecular weight is 370 g/mol. The molecule has 0 bridgehead atoms. The molecule has 27 heavy (non-hydrogen) atoms. The van der Waals surface area contributed by atoms with Crippen molar-refractivity contribution in [1.82, 2.24) is 5.32 Å². The number of Topliss-reactive ketones (excluding diaryl/α,β-unsaturated/α-hetero) is 1. The fraction of sp³-hybridized carbons (Fsp3) is 0.250. The van der Waals surface area contributed by atoms with Gasteiger partial charge in [0, 0.05) is 24.7 Å². The molecule has 1 atom stereocenters. The first kappa shape index (κ1) is 20.0. The first-order valence-corrected chi connectivity index (χ1v) is 8.50. The number of alkyl carbamates (subject to hydrolysis) is 1. The number of carboxylic acids is 1. The van der Waals surface area contributed by atoms with E-state index in [9.17, 15) is 19.5 Å². The number of ether oxygens (including phenoxy) is 1. The van der Waals surface area contributed by atoms with Crippen LogP contribution >= 0.6 is 0 Å². The molecule has 0 fully saturated rings. The molecule has 2 aromatic rings. The zero-order valence-electron chi connectivity index (χ0n) is 15.0. The lowest BCUT2D eigenvalue weighted by atomic mass is 10.0. The summed E-state index contributed by atoms with van der Waals surface area (Å²) in [7, 11) is 1.77. The summed E-state index contributed by atoms with van der Waals surface area (Å²) < 4.78 is 5.02. The summed E-state index contributed by atoms with van der Waals surface area (Å²) in [5, 5.41) is 14.5. The molecule has 0 spiro atoms. The van der Waals surface area contributed by atoms with Gasteiger partial charge in [0.25, 0.3) is 0 Å². The highest BCUT2D eigenvalue weighted by atomic mass is 16.5. The van der Waals surface area contributed by atoms with Crippen LogP contribution in [0.25, 0.3) is 0 Å². The SMILES string of the molecule is CNc1ccc(C(=O)CCC(NC(=O)OCc2ccccc2)C(=O)O)cc1. The Bertz CT molecular complexity index is 775. The van der Waals surface area contributed by atoms with Crippen LogP contribution in [0.5, 0.6) is 0 Å². The second-order valence-electron chi connectivity index (χ2n) is 5.89. The average Bonchev–Trinajstić information content (AvgIpc) is 2.70. The minimum absolute atomic E-state index is 0.00513. The molecular weight excluding hydrogens is 348 g/mol. The maximum atomic E-state index is 12.2. The van der Waals surface area contributed by atoms with E-state index in [-0.39, 0.29) is 25.2 Å². The Morgan fingerprint density at radius 1 is 1.04 bits per heavy atom. The fourth-order valence-corrected chi connectivity index (χ4v) is 2.41. The van der Waals surface area contributed by atoms with Gasteiger partial charge in [0.05, 0.1) is 0 Å². The summed E-state index contributed by atoms with van der Waals surface area (Å²) in [5.74, 6) is -1.41. The quantitative estimate of drug-likeness (QED) is 0.586. The van der Waals surface area contributed by atoms with Crippen molar-refractivity contribution < 1.29 is 24.2 Å². The van der Waals surface area contributed by atoms with Crippen molar-refractivity contribution in [3.05, 3.63) is 65.7 Å². The predicted octanol–water partition coefficient (Wildman–Crippen LogP) is 3.07. The second kappa shape index (κ2) is 9.96. The highest BCUT2D eigenvalue weighted by Gasteiger charge is 2.22. The van der Waals surface area contributed by atoms with Crippen LogP contribution < -0.4 is 10.6 Å². The number of hydrogen-bond donors (Lipinski definition) is 3. The summed E-state index contributed by atoms with van der Waals surface area (Å²) in [4.78, 5) is 35.4. The van der Waals surface area contributed by atoms with Gasteiger partial charge in [-0.15, -0.1) is 0 Å². The maximum absolute atomic E-state index is 12.2. The zero-order chi connectivity index (χ0) is 19.6. The maximum Gasteiger partial charge on any atom is 0.408 e. The Balaban J connectivity index is 1.84. The van der Waals surface area contributed by atoms with Crippen LogP contribution in [0.3, 0.4) is 0 Å². The molecule has 1 unspecified atom stereocenters. The van der Waals surface area contributed by atoms with Crippen molar-refractivity contribution >= 4 is 23.5 Å². The lowest BCUT2D eigenvalue weighted by molar-refractivity contribution is -0.139. The first-order chi connectivity index (χ1) is 13.0. The van der Waals surface area contributed by atoms with Crippen LogP contribution in [0, 0.1) is 0 Å². The summed E-state index contributed by atoms with van der Waals surface area (Å²) in [6.45, 7) is 0.0375. The van der Waals surface area contributed by atoms with Crippen molar-refractivity contribution in [3.8, 4) is 0 Å². The molecule has 0 aliphatic rings. The molecular formula is C20H22N2O5. The number of amides is 1.